The van der Waals surface area contributed by atoms with Crippen molar-refractivity contribution in [2.75, 3.05) is 0 Å². The number of Topliss-reactive ketones (excluding diaryl/α,β-unsaturated/α-hetero) is 1. The number of aliphatic hydroxyl groups excluding tert-OH is 2. The summed E-state index contributed by atoms with van der Waals surface area (Å²) in [6.07, 6.45) is 1.81. The Bertz CT molecular complexity index is 1240. The zero-order valence-corrected chi connectivity index (χ0v) is 17.9. The van der Waals surface area contributed by atoms with Crippen LogP contribution in [0.25, 0.3) is 11.3 Å². The van der Waals surface area contributed by atoms with Gasteiger partial charge in [0, 0.05) is 25.2 Å². The maximum atomic E-state index is 14.4. The molecule has 1 aromatic carbocycles. The van der Waals surface area contributed by atoms with Crippen LogP contribution in [0.5, 0.6) is 0 Å². The van der Waals surface area contributed by atoms with Crippen molar-refractivity contribution in [2.45, 2.75) is 49.6 Å². The summed E-state index contributed by atoms with van der Waals surface area (Å²) in [7, 11) is 0. The third kappa shape index (κ3) is 4.00. The fraction of sp³-hybridized carbons (Fsp3) is 0.320. The molecule has 1 aliphatic heterocycles. The van der Waals surface area contributed by atoms with Gasteiger partial charge < -0.3 is 14.9 Å². The number of pyridine rings is 2. The van der Waals surface area contributed by atoms with Gasteiger partial charge in [-0.15, -0.1) is 0 Å². The topological polar surface area (TPSA) is 92.5 Å². The number of carbonyl (C=O) groups is 1. The molecule has 3 heterocycles. The van der Waals surface area contributed by atoms with E-state index in [1.54, 1.807) is 12.3 Å². The number of ketones is 1. The van der Waals surface area contributed by atoms with E-state index in [0.29, 0.717) is 24.0 Å². The van der Waals surface area contributed by atoms with Crippen LogP contribution in [0, 0.1) is 17.5 Å². The number of hydrogen-bond acceptors (Lipinski definition) is 6. The quantitative estimate of drug-likeness (QED) is 0.553. The lowest BCUT2D eigenvalue weighted by atomic mass is 9.90. The molecule has 1 saturated heterocycles. The highest BCUT2D eigenvalue weighted by molar-refractivity contribution is 5.96. The predicted octanol–water partition coefficient (Wildman–Crippen LogP) is 3.70. The third-order valence-electron chi connectivity index (χ3n) is 6.45. The van der Waals surface area contributed by atoms with E-state index in [1.807, 2.05) is 0 Å². The molecule has 2 aromatic heterocycles. The Kier molecular flexibility index (Phi) is 5.71. The fourth-order valence-corrected chi connectivity index (χ4v) is 4.49. The van der Waals surface area contributed by atoms with Crippen LogP contribution < -0.4 is 0 Å². The number of aliphatic hydroxyl groups is 2. The van der Waals surface area contributed by atoms with Gasteiger partial charge in [0.25, 0.3) is 0 Å². The molecule has 2 aliphatic rings. The molecule has 0 unspecified atom stereocenters. The van der Waals surface area contributed by atoms with E-state index >= 15 is 0 Å². The number of carbonyl (C=O) groups excluding carboxylic acids is 1. The summed E-state index contributed by atoms with van der Waals surface area (Å²) in [5.74, 6) is -3.45. The summed E-state index contributed by atoms with van der Waals surface area (Å²) in [5.41, 5.74) is -1.01. The fourth-order valence-electron chi connectivity index (χ4n) is 4.49. The van der Waals surface area contributed by atoms with Gasteiger partial charge in [-0.05, 0) is 54.3 Å². The Morgan fingerprint density at radius 3 is 2.50 bits per heavy atom. The average Bonchev–Trinajstić information content (AvgIpc) is 3.58. The molecule has 0 bridgehead atoms. The van der Waals surface area contributed by atoms with Crippen LogP contribution in [0.4, 0.5) is 13.2 Å². The Balaban J connectivity index is 1.43. The molecule has 3 aromatic rings. The van der Waals surface area contributed by atoms with E-state index in [4.69, 9.17) is 4.74 Å². The maximum absolute atomic E-state index is 14.4. The van der Waals surface area contributed by atoms with Gasteiger partial charge in [0.05, 0.1) is 23.4 Å². The number of rotatable bonds is 5. The summed E-state index contributed by atoms with van der Waals surface area (Å²) in [6.45, 7) is 0. The van der Waals surface area contributed by atoms with Crippen molar-refractivity contribution < 1.29 is 32.9 Å². The van der Waals surface area contributed by atoms with Crippen LogP contribution in [0.2, 0.25) is 0 Å². The normalized spacial score (nSPS) is 23.1. The van der Waals surface area contributed by atoms with Crippen molar-refractivity contribution in [3.63, 3.8) is 0 Å². The van der Waals surface area contributed by atoms with Gasteiger partial charge >= 0.3 is 0 Å². The molecule has 1 saturated carbocycles. The average molecular weight is 470 g/mol. The molecule has 1 aliphatic carbocycles. The first-order valence-electron chi connectivity index (χ1n) is 10.9. The van der Waals surface area contributed by atoms with Crippen molar-refractivity contribution in [1.29, 1.82) is 0 Å². The molecule has 3 atom stereocenters. The van der Waals surface area contributed by atoms with Crippen molar-refractivity contribution in [3.05, 3.63) is 83.1 Å². The summed E-state index contributed by atoms with van der Waals surface area (Å²) in [5, 5.41) is 20.6. The van der Waals surface area contributed by atoms with Crippen LogP contribution >= 0.6 is 0 Å². The Morgan fingerprint density at radius 2 is 1.79 bits per heavy atom. The zero-order valence-electron chi connectivity index (χ0n) is 17.9. The minimum atomic E-state index is -0.991. The first-order chi connectivity index (χ1) is 16.3. The monoisotopic (exact) mass is 470 g/mol. The molecule has 5 rings (SSSR count). The van der Waals surface area contributed by atoms with Crippen LogP contribution in [0.1, 0.15) is 47.0 Å². The van der Waals surface area contributed by atoms with E-state index in [-0.39, 0.29) is 18.5 Å². The summed E-state index contributed by atoms with van der Waals surface area (Å²) < 4.78 is 48.9. The van der Waals surface area contributed by atoms with E-state index in [9.17, 15) is 28.2 Å². The minimum absolute atomic E-state index is 0.152. The number of nitrogens with zero attached hydrogens (tertiary/aromatic N) is 2. The van der Waals surface area contributed by atoms with E-state index in [1.165, 1.54) is 6.20 Å². The molecule has 0 radical (unpaired) electrons. The van der Waals surface area contributed by atoms with E-state index < -0.39 is 58.4 Å². The smallest absolute Gasteiger partial charge is 0.185 e. The standard InChI is InChI=1S/C25H21F3N2O4/c26-15-2-1-3-16(27)22(15)23-17(28)4-5-18(30-23)19(31)10-13-12-29-9-6-14(13)21-11-20(32)24(33)25(34-21)7-8-25/h1-6,9,12,20-21,24,32-33H,7-8,10-11H2/t20-,21-,24+/m1/s1. The second-order valence-corrected chi connectivity index (χ2v) is 8.72. The van der Waals surface area contributed by atoms with Gasteiger partial charge in [-0.2, -0.15) is 0 Å². The Morgan fingerprint density at radius 1 is 1.06 bits per heavy atom. The lowest BCUT2D eigenvalue weighted by Crippen LogP contribution is -2.47. The molecule has 9 heteroatoms. The van der Waals surface area contributed by atoms with E-state index in [2.05, 4.69) is 9.97 Å². The molecule has 2 fully saturated rings. The van der Waals surface area contributed by atoms with Crippen molar-refractivity contribution in [2.24, 2.45) is 0 Å². The van der Waals surface area contributed by atoms with Crippen molar-refractivity contribution in [3.8, 4) is 11.3 Å². The summed E-state index contributed by atoms with van der Waals surface area (Å²) in [6, 6.07) is 6.92. The Hall–Kier alpha value is -3.14. The summed E-state index contributed by atoms with van der Waals surface area (Å²) >= 11 is 0. The minimum Gasteiger partial charge on any atom is -0.390 e. The molecule has 1 spiro atoms. The summed E-state index contributed by atoms with van der Waals surface area (Å²) in [4.78, 5) is 21.0. The second-order valence-electron chi connectivity index (χ2n) is 8.72. The SMILES string of the molecule is O=C(Cc1cnccc1[C@H]1C[C@@H](O)[C@H](O)C2(CC2)O1)c1ccc(F)c(-c2c(F)cccc2F)n1. The molecule has 2 N–H and O–H groups in total. The van der Waals surface area contributed by atoms with Crippen LogP contribution in [-0.2, 0) is 11.2 Å². The number of ether oxygens (including phenoxy) is 1. The molecular formula is C25H21F3N2O4. The van der Waals surface area contributed by atoms with Gasteiger partial charge in [-0.1, -0.05) is 6.07 Å². The highest BCUT2D eigenvalue weighted by Gasteiger charge is 2.57. The number of halogens is 3. The lowest BCUT2D eigenvalue weighted by molar-refractivity contribution is -0.185. The van der Waals surface area contributed by atoms with Crippen LogP contribution in [0.15, 0.2) is 48.8 Å². The van der Waals surface area contributed by atoms with Gasteiger partial charge in [0.2, 0.25) is 0 Å². The predicted molar refractivity (Wildman–Crippen MR) is 114 cm³/mol. The number of hydrogen-bond donors (Lipinski definition) is 2. The largest absolute Gasteiger partial charge is 0.390 e. The van der Waals surface area contributed by atoms with E-state index in [0.717, 1.165) is 30.3 Å². The molecule has 176 valence electrons. The zero-order chi connectivity index (χ0) is 24.0. The second kappa shape index (κ2) is 8.57. The van der Waals surface area contributed by atoms with Gasteiger partial charge in [0.1, 0.15) is 34.9 Å². The van der Waals surface area contributed by atoms with Crippen molar-refractivity contribution in [1.82, 2.24) is 9.97 Å². The van der Waals surface area contributed by atoms with Crippen LogP contribution in [0.3, 0.4) is 0 Å². The highest BCUT2D eigenvalue weighted by Crippen LogP contribution is 2.52. The first-order valence-corrected chi connectivity index (χ1v) is 10.9. The molecule has 6 nitrogen and oxygen atoms in total. The number of benzene rings is 1. The molecular weight excluding hydrogens is 449 g/mol. The van der Waals surface area contributed by atoms with Crippen molar-refractivity contribution >= 4 is 5.78 Å². The number of aromatic nitrogens is 2. The van der Waals surface area contributed by atoms with Gasteiger partial charge in [-0.25, -0.2) is 18.2 Å². The lowest BCUT2D eigenvalue weighted by Gasteiger charge is -2.38. The maximum Gasteiger partial charge on any atom is 0.185 e. The van der Waals surface area contributed by atoms with Gasteiger partial charge in [0.15, 0.2) is 5.78 Å². The van der Waals surface area contributed by atoms with Gasteiger partial charge in [-0.3, -0.25) is 9.78 Å². The Labute approximate surface area is 193 Å². The molecule has 34 heavy (non-hydrogen) atoms. The third-order valence-corrected chi connectivity index (χ3v) is 6.45. The van der Waals surface area contributed by atoms with Crippen LogP contribution in [-0.4, -0.2) is 43.8 Å². The highest BCUT2D eigenvalue weighted by atomic mass is 19.1. The first kappa shape index (κ1) is 22.6. The molecule has 0 amide bonds.